The Morgan fingerprint density at radius 2 is 0.586 bits per heavy atom. The Kier molecular flexibility index (Phi) is 18.1. The minimum atomic E-state index is 0.331. The zero-order valence-electron chi connectivity index (χ0n) is 75.3. The van der Waals surface area contributed by atoms with E-state index in [-0.39, 0.29) is 0 Å². The van der Waals surface area contributed by atoms with Crippen LogP contribution in [0.3, 0.4) is 0 Å². The molecule has 1 aliphatic carbocycles. The van der Waals surface area contributed by atoms with Crippen LogP contribution in [0.2, 0.25) is 0 Å². The van der Waals surface area contributed by atoms with Crippen molar-refractivity contribution in [2.75, 3.05) is 0 Å². The number of para-hydroxylation sites is 8. The first-order valence-corrected chi connectivity index (χ1v) is 49.3. The molecular formula is C128H78N10S2. The summed E-state index contributed by atoms with van der Waals surface area (Å²) in [5.74, 6) is 2.38. The first kappa shape index (κ1) is 79.6. The van der Waals surface area contributed by atoms with Crippen LogP contribution in [0.5, 0.6) is 0 Å². The fraction of sp³-hybridized carbons (Fsp3) is 0.0156. The Labute approximate surface area is 810 Å². The molecule has 10 nitrogen and oxygen atoms in total. The summed E-state index contributed by atoms with van der Waals surface area (Å²) >= 11 is 3.86. The van der Waals surface area contributed by atoms with E-state index < -0.39 is 0 Å². The third kappa shape index (κ3) is 12.5. The van der Waals surface area contributed by atoms with Gasteiger partial charge in [-0.15, -0.1) is 23.1 Å². The topological polar surface area (TPSA) is 97.1 Å². The maximum Gasteiger partial charge on any atom is 0.235 e. The quantitative estimate of drug-likeness (QED) is 0.149. The minimum Gasteiger partial charge on any atom is -0.309 e. The van der Waals surface area contributed by atoms with Gasteiger partial charge in [-0.1, -0.05) is 358 Å². The molecule has 0 spiro atoms. The summed E-state index contributed by atoms with van der Waals surface area (Å²) in [6.07, 6.45) is 9.14. The summed E-state index contributed by atoms with van der Waals surface area (Å²) in [6.45, 7) is 0. The molecule has 8 aromatic heterocycles. The highest BCUT2D eigenvalue weighted by Gasteiger charge is 2.37. The van der Waals surface area contributed by atoms with Crippen molar-refractivity contribution in [2.24, 2.45) is 0 Å². The van der Waals surface area contributed by atoms with Gasteiger partial charge < -0.3 is 4.57 Å². The van der Waals surface area contributed by atoms with Gasteiger partial charge >= 0.3 is 0 Å². The fourth-order valence-corrected chi connectivity index (χ4v) is 25.3. The molecule has 0 saturated heterocycles. The molecule has 0 radical (unpaired) electrons. The van der Waals surface area contributed by atoms with Crippen molar-refractivity contribution in [3.8, 4) is 68.4 Å². The van der Waals surface area contributed by atoms with Crippen molar-refractivity contribution in [1.82, 2.24) is 48.2 Å². The van der Waals surface area contributed by atoms with E-state index in [1.807, 2.05) is 23.1 Å². The number of allylic oxidation sites excluding steroid dienone is 3. The van der Waals surface area contributed by atoms with Crippen molar-refractivity contribution in [3.63, 3.8) is 0 Å². The molecule has 0 saturated carbocycles. The van der Waals surface area contributed by atoms with Crippen LogP contribution >= 0.6 is 23.1 Å². The standard InChI is InChI=1S/C48H30N4.C40H25N3S.C40H23N3S/c1-2-14-36(15-3-1)51-43-20-10-7-16-37(43)40-29-33(24-26-45(40)51)34-25-27-46-41(30-34)38-17-8-11-21-44(38)52(46)48-49-42-19-9-6-18-39(42)47(50-48)35-23-22-31-12-4-5-13-32(31)28-35;1-2-12-25-23-26(22-21-24(25)11-1)37-29-15-5-8-18-32(29)41-40(42-37)43-33-19-9-6-16-30(33)35-36-31-17-7-10-20-34(31)44-39(36)28-14-4-3-13-27(28)38(35)43;1-2-12-25-23-26(22-21-24(25)11-1)37-29-15-5-8-18-32(29)41-40(42-37)43-33-19-9-6-16-30(33)35-27-13-3-4-14-28(27)36-31-17-7-10-20-34(31)44-39(36)38(35)43/h1-30H;1-23,31,34H;1-23H. The summed E-state index contributed by atoms with van der Waals surface area (Å²) in [6, 6.07) is 156. The zero-order chi connectivity index (χ0) is 91.7. The zero-order valence-corrected chi connectivity index (χ0v) is 77.0. The lowest BCUT2D eigenvalue weighted by atomic mass is 9.87. The van der Waals surface area contributed by atoms with Crippen LogP contribution in [0.4, 0.5) is 0 Å². The Balaban J connectivity index is 0.000000101. The number of thioether (sulfide) groups is 1. The van der Waals surface area contributed by atoms with Crippen molar-refractivity contribution in [2.45, 2.75) is 16.1 Å². The van der Waals surface area contributed by atoms with Gasteiger partial charge in [0.1, 0.15) is 0 Å². The molecule has 652 valence electrons. The molecule has 1 aliphatic heterocycles. The van der Waals surface area contributed by atoms with E-state index in [2.05, 4.69) is 479 Å². The molecule has 140 heavy (non-hydrogen) atoms. The molecule has 29 aromatic rings. The van der Waals surface area contributed by atoms with Crippen LogP contribution in [0.15, 0.2) is 466 Å². The van der Waals surface area contributed by atoms with Gasteiger partial charge in [-0.3, -0.25) is 13.7 Å². The monoisotopic (exact) mass is 1820 g/mol. The number of fused-ring (bicyclic) bond motifs is 32. The highest BCUT2D eigenvalue weighted by atomic mass is 32.2. The lowest BCUT2D eigenvalue weighted by molar-refractivity contribution is 0.892. The van der Waals surface area contributed by atoms with Gasteiger partial charge in [-0.2, -0.15) is 0 Å². The average Bonchev–Trinajstić information content (AvgIpc) is 1.54. The van der Waals surface area contributed by atoms with Gasteiger partial charge in [0.25, 0.3) is 0 Å². The van der Waals surface area contributed by atoms with Gasteiger partial charge in [0.15, 0.2) is 0 Å². The number of hydrogen-bond acceptors (Lipinski definition) is 8. The Morgan fingerprint density at radius 1 is 0.221 bits per heavy atom. The predicted octanol–water partition coefficient (Wildman–Crippen LogP) is 33.8. The normalized spacial score (nSPS) is 13.6. The Bertz CT molecular complexity index is 10400. The first-order chi connectivity index (χ1) is 69.4. The van der Waals surface area contributed by atoms with Gasteiger partial charge in [-0.05, 0) is 168 Å². The van der Waals surface area contributed by atoms with Crippen molar-refractivity contribution < 1.29 is 0 Å². The maximum atomic E-state index is 5.42. The summed E-state index contributed by atoms with van der Waals surface area (Å²) in [5.41, 5.74) is 23.0. The molecule has 2 unspecified atom stereocenters. The molecular weight excluding hydrogens is 1740 g/mol. The van der Waals surface area contributed by atoms with Crippen molar-refractivity contribution in [1.29, 1.82) is 0 Å². The van der Waals surface area contributed by atoms with Gasteiger partial charge in [0.2, 0.25) is 17.8 Å². The number of rotatable bonds is 8. The van der Waals surface area contributed by atoms with E-state index in [0.29, 0.717) is 29.0 Å². The number of nitrogens with zero attached hydrogens (tertiary/aromatic N) is 10. The third-order valence-electron chi connectivity index (χ3n) is 28.8. The molecule has 0 amide bonds. The van der Waals surface area contributed by atoms with E-state index in [1.165, 1.54) is 161 Å². The van der Waals surface area contributed by atoms with E-state index in [1.54, 1.807) is 0 Å². The van der Waals surface area contributed by atoms with E-state index in [4.69, 9.17) is 29.9 Å². The number of hydrogen-bond donors (Lipinski definition) is 0. The van der Waals surface area contributed by atoms with E-state index in [9.17, 15) is 0 Å². The largest absolute Gasteiger partial charge is 0.309 e. The molecule has 21 aromatic carbocycles. The van der Waals surface area contributed by atoms with Gasteiger partial charge in [-0.25, -0.2) is 29.9 Å². The van der Waals surface area contributed by atoms with Crippen molar-refractivity contribution in [3.05, 3.63) is 467 Å². The highest BCUT2D eigenvalue weighted by Crippen LogP contribution is 2.57. The Morgan fingerprint density at radius 3 is 1.11 bits per heavy atom. The molecule has 2 aliphatic rings. The highest BCUT2D eigenvalue weighted by molar-refractivity contribution is 8.00. The molecule has 0 fully saturated rings. The van der Waals surface area contributed by atoms with Crippen LogP contribution in [0.1, 0.15) is 11.5 Å². The second-order valence-corrected chi connectivity index (χ2v) is 38.8. The van der Waals surface area contributed by atoms with Gasteiger partial charge in [0, 0.05) is 119 Å². The van der Waals surface area contributed by atoms with Crippen LogP contribution in [-0.4, -0.2) is 53.4 Å². The van der Waals surface area contributed by atoms with Crippen LogP contribution in [0, 0.1) is 0 Å². The van der Waals surface area contributed by atoms with Crippen molar-refractivity contribution >= 4 is 217 Å². The second kappa shape index (κ2) is 31.9. The molecule has 9 heterocycles. The molecule has 2 atom stereocenters. The number of benzene rings is 21. The molecule has 0 bridgehead atoms. The molecule has 31 rings (SSSR count). The van der Waals surface area contributed by atoms with Gasteiger partial charge in [0.05, 0.1) is 82.5 Å². The summed E-state index contributed by atoms with van der Waals surface area (Å²) in [4.78, 5) is 33.3. The van der Waals surface area contributed by atoms with Crippen LogP contribution < -0.4 is 0 Å². The summed E-state index contributed by atoms with van der Waals surface area (Å²) in [7, 11) is 0. The first-order valence-electron chi connectivity index (χ1n) is 47.6. The fourth-order valence-electron chi connectivity index (χ4n) is 22.5. The van der Waals surface area contributed by atoms with Crippen LogP contribution in [-0.2, 0) is 0 Å². The summed E-state index contributed by atoms with van der Waals surface area (Å²) in [5, 5.41) is 28.3. The Hall–Kier alpha value is -17.8. The average molecular weight is 1820 g/mol. The van der Waals surface area contributed by atoms with E-state index in [0.717, 1.165) is 94.2 Å². The predicted molar refractivity (Wildman–Crippen MR) is 589 cm³/mol. The molecule has 12 heteroatoms. The molecule has 0 N–H and O–H groups in total. The third-order valence-corrected chi connectivity index (χ3v) is 31.3. The van der Waals surface area contributed by atoms with E-state index >= 15 is 0 Å². The lowest BCUT2D eigenvalue weighted by Crippen LogP contribution is -2.07. The number of aromatic nitrogens is 10. The lowest BCUT2D eigenvalue weighted by Gasteiger charge is -2.16. The second-order valence-electron chi connectivity index (χ2n) is 36.5. The van der Waals surface area contributed by atoms with Crippen LogP contribution in [0.25, 0.3) is 262 Å². The number of thiophene rings is 1. The SMILES string of the molecule is C1=CC2Sc3c(c4c5ccccc5n(-c5nc(-c6ccc7ccccc7c6)c6ccccc6n5)c4c4ccccc34)C2C=C1.c1ccc(-n2c3ccccc3c3cc(-c4ccc5c(c4)c4ccccc4n5-c4nc(-c5ccc6ccccc6c5)c5ccccc5n4)ccc32)cc1.c1ccc2cc(-c3nc(-n4c5ccccc5c5c6ccccc6c6c7ccccc7sc6c54)nc4ccccc34)ccc2c1. The smallest absolute Gasteiger partial charge is 0.235 e. The minimum absolute atomic E-state index is 0.331. The summed E-state index contributed by atoms with van der Waals surface area (Å²) < 4.78 is 11.8. The maximum absolute atomic E-state index is 5.42.